The summed E-state index contributed by atoms with van der Waals surface area (Å²) in [5, 5.41) is 2.82. The summed E-state index contributed by atoms with van der Waals surface area (Å²) >= 11 is 0. The molecule has 0 aliphatic heterocycles. The lowest BCUT2D eigenvalue weighted by Crippen LogP contribution is -2.30. The van der Waals surface area contributed by atoms with Crippen molar-refractivity contribution in [3.05, 3.63) is 78.6 Å². The van der Waals surface area contributed by atoms with Gasteiger partial charge in [0.25, 0.3) is 5.91 Å². The van der Waals surface area contributed by atoms with E-state index in [4.69, 9.17) is 9.15 Å². The molecule has 0 fully saturated rings. The normalized spacial score (nSPS) is 11.9. The number of oxazole rings is 1. The standard InChI is InChI=1S/C22H17FN2O3/c1-14(27-18-5-3-2-4-6-18)21(26)24-17-11-12-20-19(13-17)25-22(28-20)15-7-9-16(23)10-8-15/h2-14H,1H3,(H,24,26)/t14-/m0/s1. The maximum Gasteiger partial charge on any atom is 0.265 e. The minimum Gasteiger partial charge on any atom is -0.481 e. The summed E-state index contributed by atoms with van der Waals surface area (Å²) in [4.78, 5) is 16.8. The monoisotopic (exact) mass is 376 g/mol. The molecular formula is C22H17FN2O3. The molecule has 5 nitrogen and oxygen atoms in total. The van der Waals surface area contributed by atoms with Gasteiger partial charge in [0.05, 0.1) is 0 Å². The quantitative estimate of drug-likeness (QED) is 0.530. The smallest absolute Gasteiger partial charge is 0.265 e. The second-order valence-electron chi connectivity index (χ2n) is 6.27. The van der Waals surface area contributed by atoms with Crippen molar-refractivity contribution < 1.29 is 18.3 Å². The van der Waals surface area contributed by atoms with Crippen molar-refractivity contribution in [2.45, 2.75) is 13.0 Å². The van der Waals surface area contributed by atoms with Crippen molar-refractivity contribution >= 4 is 22.7 Å². The molecule has 0 bridgehead atoms. The number of carbonyl (C=O) groups is 1. The Labute approximate surface area is 160 Å². The predicted octanol–water partition coefficient (Wildman–Crippen LogP) is 5.04. The fraction of sp³-hybridized carbons (Fsp3) is 0.0909. The van der Waals surface area contributed by atoms with E-state index >= 15 is 0 Å². The largest absolute Gasteiger partial charge is 0.481 e. The molecule has 1 aromatic heterocycles. The van der Waals surface area contributed by atoms with Crippen LogP contribution in [0.1, 0.15) is 6.92 Å². The number of fused-ring (bicyclic) bond motifs is 1. The van der Waals surface area contributed by atoms with Crippen LogP contribution in [0.5, 0.6) is 5.75 Å². The number of hydrogen-bond donors (Lipinski definition) is 1. The minimum absolute atomic E-state index is 0.273. The first-order valence-electron chi connectivity index (χ1n) is 8.77. The van der Waals surface area contributed by atoms with Gasteiger partial charge in [-0.05, 0) is 61.5 Å². The van der Waals surface area contributed by atoms with Crippen LogP contribution in [0.4, 0.5) is 10.1 Å². The average molecular weight is 376 g/mol. The van der Waals surface area contributed by atoms with Crippen molar-refractivity contribution in [3.8, 4) is 17.2 Å². The molecule has 140 valence electrons. The van der Waals surface area contributed by atoms with Crippen molar-refractivity contribution in [2.75, 3.05) is 5.32 Å². The van der Waals surface area contributed by atoms with Gasteiger partial charge >= 0.3 is 0 Å². The molecule has 0 saturated carbocycles. The number of rotatable bonds is 5. The molecule has 6 heteroatoms. The molecule has 4 aromatic rings. The summed E-state index contributed by atoms with van der Waals surface area (Å²) in [5.41, 5.74) is 2.42. The van der Waals surface area contributed by atoms with E-state index in [1.54, 1.807) is 49.4 Å². The highest BCUT2D eigenvalue weighted by Crippen LogP contribution is 2.26. The fourth-order valence-corrected chi connectivity index (χ4v) is 2.72. The maximum atomic E-state index is 13.1. The van der Waals surface area contributed by atoms with Gasteiger partial charge in [-0.2, -0.15) is 0 Å². The van der Waals surface area contributed by atoms with E-state index in [9.17, 15) is 9.18 Å². The van der Waals surface area contributed by atoms with Crippen molar-refractivity contribution in [3.63, 3.8) is 0 Å². The molecule has 0 aliphatic rings. The number of carbonyl (C=O) groups excluding carboxylic acids is 1. The zero-order valence-corrected chi connectivity index (χ0v) is 15.1. The Balaban J connectivity index is 1.49. The average Bonchev–Trinajstić information content (AvgIpc) is 3.12. The first-order chi connectivity index (χ1) is 13.6. The van der Waals surface area contributed by atoms with E-state index in [-0.39, 0.29) is 11.7 Å². The van der Waals surface area contributed by atoms with Gasteiger partial charge in [-0.25, -0.2) is 9.37 Å². The SMILES string of the molecule is C[C@H](Oc1ccccc1)C(=O)Nc1ccc2oc(-c3ccc(F)cc3)nc2c1. The van der Waals surface area contributed by atoms with E-state index in [1.807, 2.05) is 18.2 Å². The summed E-state index contributed by atoms with van der Waals surface area (Å²) in [7, 11) is 0. The van der Waals surface area contributed by atoms with Gasteiger partial charge in [0, 0.05) is 11.3 Å². The minimum atomic E-state index is -0.662. The molecular weight excluding hydrogens is 359 g/mol. The predicted molar refractivity (Wildman–Crippen MR) is 105 cm³/mol. The van der Waals surface area contributed by atoms with Gasteiger partial charge in [0.2, 0.25) is 5.89 Å². The first-order valence-corrected chi connectivity index (χ1v) is 8.77. The molecule has 0 spiro atoms. The number of aromatic nitrogens is 1. The second kappa shape index (κ2) is 7.52. The van der Waals surface area contributed by atoms with Crippen molar-refractivity contribution in [1.82, 2.24) is 4.98 Å². The Morgan fingerprint density at radius 3 is 2.57 bits per heavy atom. The maximum absolute atomic E-state index is 13.1. The lowest BCUT2D eigenvalue weighted by molar-refractivity contribution is -0.122. The van der Waals surface area contributed by atoms with Crippen LogP contribution in [0, 0.1) is 5.82 Å². The Hall–Kier alpha value is -3.67. The van der Waals surface area contributed by atoms with Crippen LogP contribution < -0.4 is 10.1 Å². The fourth-order valence-electron chi connectivity index (χ4n) is 2.72. The third-order valence-electron chi connectivity index (χ3n) is 4.17. The molecule has 0 radical (unpaired) electrons. The Bertz CT molecular complexity index is 1110. The molecule has 1 atom stereocenters. The number of anilines is 1. The highest BCUT2D eigenvalue weighted by atomic mass is 19.1. The van der Waals surface area contributed by atoms with Crippen molar-refractivity contribution in [2.24, 2.45) is 0 Å². The number of amides is 1. The number of para-hydroxylation sites is 1. The zero-order chi connectivity index (χ0) is 19.5. The highest BCUT2D eigenvalue weighted by molar-refractivity contribution is 5.95. The van der Waals surface area contributed by atoms with Gasteiger partial charge in [0.1, 0.15) is 17.1 Å². The molecule has 1 amide bonds. The topological polar surface area (TPSA) is 64.4 Å². The van der Waals surface area contributed by atoms with Gasteiger partial charge in [0.15, 0.2) is 11.7 Å². The Morgan fingerprint density at radius 1 is 1.07 bits per heavy atom. The number of nitrogens with one attached hydrogen (secondary N) is 1. The van der Waals surface area contributed by atoms with Crippen LogP contribution in [0.25, 0.3) is 22.6 Å². The van der Waals surface area contributed by atoms with Crippen LogP contribution in [0.3, 0.4) is 0 Å². The van der Waals surface area contributed by atoms with Gasteiger partial charge in [-0.15, -0.1) is 0 Å². The first kappa shape index (κ1) is 17.7. The molecule has 3 aromatic carbocycles. The summed E-state index contributed by atoms with van der Waals surface area (Å²) in [6.07, 6.45) is -0.662. The van der Waals surface area contributed by atoms with Crippen LogP contribution in [0.15, 0.2) is 77.2 Å². The van der Waals surface area contributed by atoms with Crippen LogP contribution >= 0.6 is 0 Å². The van der Waals surface area contributed by atoms with Crippen LogP contribution in [-0.2, 0) is 4.79 Å². The number of nitrogens with zero attached hydrogens (tertiary/aromatic N) is 1. The van der Waals surface area contributed by atoms with Crippen LogP contribution in [0.2, 0.25) is 0 Å². The van der Waals surface area contributed by atoms with E-state index < -0.39 is 6.10 Å². The van der Waals surface area contributed by atoms with Gasteiger partial charge in [-0.1, -0.05) is 18.2 Å². The van der Waals surface area contributed by atoms with E-state index in [0.717, 1.165) is 0 Å². The number of ether oxygens (including phenoxy) is 1. The molecule has 0 aliphatic carbocycles. The zero-order valence-electron chi connectivity index (χ0n) is 15.1. The number of benzene rings is 3. The highest BCUT2D eigenvalue weighted by Gasteiger charge is 2.16. The molecule has 28 heavy (non-hydrogen) atoms. The second-order valence-corrected chi connectivity index (χ2v) is 6.27. The third-order valence-corrected chi connectivity index (χ3v) is 4.17. The summed E-state index contributed by atoms with van der Waals surface area (Å²) in [5.74, 6) is 0.419. The molecule has 0 unspecified atom stereocenters. The molecule has 1 N–H and O–H groups in total. The Kier molecular flexibility index (Phi) is 4.76. The number of hydrogen-bond acceptors (Lipinski definition) is 4. The Morgan fingerprint density at radius 2 is 1.82 bits per heavy atom. The van der Waals surface area contributed by atoms with E-state index in [2.05, 4.69) is 10.3 Å². The lowest BCUT2D eigenvalue weighted by atomic mass is 10.2. The lowest BCUT2D eigenvalue weighted by Gasteiger charge is -2.14. The molecule has 4 rings (SSSR count). The summed E-state index contributed by atoms with van der Waals surface area (Å²) in [6.45, 7) is 1.68. The molecule has 1 heterocycles. The molecule has 0 saturated heterocycles. The van der Waals surface area contributed by atoms with Gasteiger partial charge < -0.3 is 14.5 Å². The van der Waals surface area contributed by atoms with E-state index in [0.29, 0.717) is 34.0 Å². The van der Waals surface area contributed by atoms with Gasteiger partial charge in [-0.3, -0.25) is 4.79 Å². The third kappa shape index (κ3) is 3.86. The summed E-state index contributed by atoms with van der Waals surface area (Å²) in [6, 6.07) is 20.2. The van der Waals surface area contributed by atoms with Crippen LogP contribution in [-0.4, -0.2) is 17.0 Å². The number of halogens is 1. The van der Waals surface area contributed by atoms with Crippen molar-refractivity contribution in [1.29, 1.82) is 0 Å². The van der Waals surface area contributed by atoms with E-state index in [1.165, 1.54) is 12.1 Å². The summed E-state index contributed by atoms with van der Waals surface area (Å²) < 4.78 is 24.4.